The van der Waals surface area contributed by atoms with Crippen LogP contribution in [0.4, 0.5) is 5.69 Å². The molecule has 4 rings (SSSR count). The highest BCUT2D eigenvalue weighted by atomic mass is 16.8. The number of pyridine rings is 1. The lowest BCUT2D eigenvalue weighted by Gasteiger charge is -2.43. The number of rotatable bonds is 4. The van der Waals surface area contributed by atoms with Gasteiger partial charge in [0.25, 0.3) is 0 Å². The van der Waals surface area contributed by atoms with Crippen molar-refractivity contribution in [3.8, 4) is 0 Å². The Kier molecular flexibility index (Phi) is 4.82. The van der Waals surface area contributed by atoms with Crippen molar-refractivity contribution in [2.75, 3.05) is 13.1 Å². The molecule has 3 atom stereocenters. The normalized spacial score (nSPS) is 22.2. The smallest absolute Gasteiger partial charge is 0.315 e. The van der Waals surface area contributed by atoms with E-state index in [1.807, 2.05) is 35.2 Å². The number of hydrogen-bond acceptors (Lipinski definition) is 4. The van der Waals surface area contributed by atoms with Gasteiger partial charge in [0.1, 0.15) is 0 Å². The van der Waals surface area contributed by atoms with Crippen molar-refractivity contribution in [2.24, 2.45) is 5.92 Å². The third-order valence-electron chi connectivity index (χ3n) is 5.66. The highest BCUT2D eigenvalue weighted by Crippen LogP contribution is 2.35. The molecule has 3 unspecified atom stereocenters. The maximum Gasteiger partial charge on any atom is 0.315 e. The van der Waals surface area contributed by atoms with Gasteiger partial charge in [-0.1, -0.05) is 30.3 Å². The summed E-state index contributed by atoms with van der Waals surface area (Å²) < 4.78 is 1.61. The summed E-state index contributed by atoms with van der Waals surface area (Å²) >= 11 is 0. The Bertz CT molecular complexity index is 894. The number of nitrogens with zero attached hydrogens (tertiary/aromatic N) is 2. The molecule has 2 N–H and O–H groups in total. The minimum atomic E-state index is -1.19. The molecule has 7 heteroatoms. The first-order valence-electron chi connectivity index (χ1n) is 9.31. The van der Waals surface area contributed by atoms with Gasteiger partial charge in [-0.05, 0) is 30.4 Å². The number of amides is 1. The number of aromatic nitrogens is 1. The van der Waals surface area contributed by atoms with E-state index in [1.165, 1.54) is 6.07 Å². The molecule has 7 nitrogen and oxygen atoms in total. The first kappa shape index (κ1) is 17.9. The van der Waals surface area contributed by atoms with Crippen molar-refractivity contribution < 1.29 is 15.2 Å². The van der Waals surface area contributed by atoms with E-state index in [0.717, 1.165) is 24.1 Å². The van der Waals surface area contributed by atoms with E-state index in [1.54, 1.807) is 10.6 Å². The molecule has 0 spiro atoms. The Hall–Kier alpha value is -2.48. The number of nitrogens with one attached hydrogen (secondary N) is 1. The van der Waals surface area contributed by atoms with Crippen LogP contribution in [0.1, 0.15) is 30.0 Å². The molecule has 2 aliphatic rings. The number of aryl methyl sites for hydroxylation is 1. The SMILES string of the molecule is O=C(CCc1ccccc1)N1CC2CC(C1)c1ccc([NH+]([O-])O)c(=O)n1C2. The van der Waals surface area contributed by atoms with E-state index in [9.17, 15) is 20.0 Å². The van der Waals surface area contributed by atoms with Crippen molar-refractivity contribution >= 4 is 11.6 Å². The molecule has 0 saturated carbocycles. The Morgan fingerprint density at radius 2 is 1.93 bits per heavy atom. The number of likely N-dealkylation sites (tertiary alicyclic amines) is 1. The molecule has 2 aliphatic heterocycles. The molecule has 1 aromatic carbocycles. The second-order valence-corrected chi connectivity index (χ2v) is 7.48. The molecule has 2 bridgehead atoms. The van der Waals surface area contributed by atoms with Crippen molar-refractivity contribution in [2.45, 2.75) is 31.7 Å². The summed E-state index contributed by atoms with van der Waals surface area (Å²) in [5.74, 6) is 0.430. The first-order valence-corrected chi connectivity index (χ1v) is 9.31. The van der Waals surface area contributed by atoms with E-state index in [0.29, 0.717) is 26.1 Å². The van der Waals surface area contributed by atoms with Crippen LogP contribution in [-0.4, -0.2) is 33.7 Å². The van der Waals surface area contributed by atoms with Gasteiger partial charge in [-0.25, -0.2) is 5.21 Å². The predicted octanol–water partition coefficient (Wildman–Crippen LogP) is 0.830. The molecule has 1 aromatic heterocycles. The lowest BCUT2D eigenvalue weighted by atomic mass is 9.83. The fourth-order valence-corrected chi connectivity index (χ4v) is 4.37. The molecule has 1 fully saturated rings. The van der Waals surface area contributed by atoms with Crippen LogP contribution in [0.25, 0.3) is 0 Å². The van der Waals surface area contributed by atoms with Crippen LogP contribution in [0.5, 0.6) is 0 Å². The fraction of sp³-hybridized carbons (Fsp3) is 0.400. The maximum absolute atomic E-state index is 12.7. The van der Waals surface area contributed by atoms with Gasteiger partial charge in [-0.15, -0.1) is 0 Å². The minimum absolute atomic E-state index is 0.0914. The van der Waals surface area contributed by atoms with E-state index in [-0.39, 0.29) is 23.4 Å². The number of piperidine rings is 1. The zero-order chi connectivity index (χ0) is 19.0. The van der Waals surface area contributed by atoms with Gasteiger partial charge >= 0.3 is 5.56 Å². The Morgan fingerprint density at radius 1 is 1.15 bits per heavy atom. The standard InChI is InChI=1S/C20H23N3O4/c24-19(9-6-14-4-2-1-3-5-14)21-11-15-10-16(13-21)17-7-8-18(23(26)27)20(25)22(17)12-15/h1-5,7-8,15-16,23,26H,6,9-13H2. The summed E-state index contributed by atoms with van der Waals surface area (Å²) in [6.45, 7) is 1.71. The van der Waals surface area contributed by atoms with Gasteiger partial charge in [-0.2, -0.15) is 5.23 Å². The number of carbonyl (C=O) groups is 1. The van der Waals surface area contributed by atoms with Gasteiger partial charge in [-0.3, -0.25) is 9.59 Å². The monoisotopic (exact) mass is 369 g/mol. The molecule has 142 valence electrons. The summed E-state index contributed by atoms with van der Waals surface area (Å²) in [6, 6.07) is 13.1. The summed E-state index contributed by atoms with van der Waals surface area (Å²) in [6.07, 6.45) is 2.14. The topological polar surface area (TPSA) is 90.0 Å². The number of fused-ring (bicyclic) bond motifs is 4. The van der Waals surface area contributed by atoms with Crippen LogP contribution in [0.15, 0.2) is 47.3 Å². The summed E-state index contributed by atoms with van der Waals surface area (Å²) in [4.78, 5) is 27.1. The van der Waals surface area contributed by atoms with Crippen molar-refractivity contribution in [3.05, 3.63) is 69.3 Å². The summed E-state index contributed by atoms with van der Waals surface area (Å²) in [5, 5.41) is 19.2. The number of carbonyl (C=O) groups excluding carboxylic acids is 1. The van der Waals surface area contributed by atoms with Crippen LogP contribution in [0.2, 0.25) is 0 Å². The molecule has 1 saturated heterocycles. The summed E-state index contributed by atoms with van der Waals surface area (Å²) in [5.41, 5.74) is 1.39. The maximum atomic E-state index is 12.7. The Morgan fingerprint density at radius 3 is 2.67 bits per heavy atom. The van der Waals surface area contributed by atoms with Crippen LogP contribution in [0, 0.1) is 11.1 Å². The van der Waals surface area contributed by atoms with E-state index in [2.05, 4.69) is 0 Å². The Balaban J connectivity index is 1.49. The molecular formula is C20H23N3O4. The lowest BCUT2D eigenvalue weighted by molar-refractivity contribution is -0.992. The predicted molar refractivity (Wildman–Crippen MR) is 98.7 cm³/mol. The average Bonchev–Trinajstić information content (AvgIpc) is 2.67. The third kappa shape index (κ3) is 3.53. The largest absolute Gasteiger partial charge is 0.595 e. The van der Waals surface area contributed by atoms with Gasteiger partial charge < -0.3 is 14.7 Å². The van der Waals surface area contributed by atoms with Gasteiger partial charge in [0, 0.05) is 43.7 Å². The molecule has 2 aromatic rings. The minimum Gasteiger partial charge on any atom is -0.595 e. The fourth-order valence-electron chi connectivity index (χ4n) is 4.37. The average molecular weight is 369 g/mol. The van der Waals surface area contributed by atoms with Crippen LogP contribution in [-0.2, 0) is 17.8 Å². The number of benzene rings is 1. The molecule has 0 radical (unpaired) electrons. The van der Waals surface area contributed by atoms with Crippen molar-refractivity contribution in [1.82, 2.24) is 9.47 Å². The highest BCUT2D eigenvalue weighted by Gasteiger charge is 2.36. The van der Waals surface area contributed by atoms with E-state index >= 15 is 0 Å². The van der Waals surface area contributed by atoms with Crippen molar-refractivity contribution in [1.29, 1.82) is 0 Å². The highest BCUT2D eigenvalue weighted by molar-refractivity contribution is 5.76. The van der Waals surface area contributed by atoms with Crippen LogP contribution in [0.3, 0.4) is 0 Å². The molecule has 3 heterocycles. The van der Waals surface area contributed by atoms with E-state index in [4.69, 9.17) is 0 Å². The second kappa shape index (κ2) is 7.26. The molecule has 27 heavy (non-hydrogen) atoms. The van der Waals surface area contributed by atoms with Crippen molar-refractivity contribution in [3.63, 3.8) is 0 Å². The number of hydrogen-bond donors (Lipinski definition) is 2. The number of quaternary nitrogens is 1. The van der Waals surface area contributed by atoms with Crippen LogP contribution < -0.4 is 10.8 Å². The van der Waals surface area contributed by atoms with Gasteiger partial charge in [0.2, 0.25) is 11.6 Å². The zero-order valence-electron chi connectivity index (χ0n) is 15.0. The molecule has 0 aliphatic carbocycles. The van der Waals surface area contributed by atoms with Crippen LogP contribution >= 0.6 is 0 Å². The Labute approximate surface area is 157 Å². The molecular weight excluding hydrogens is 346 g/mol. The first-order chi connectivity index (χ1) is 13.0. The quantitative estimate of drug-likeness (QED) is 0.781. The zero-order valence-corrected chi connectivity index (χ0v) is 15.0. The van der Waals surface area contributed by atoms with Gasteiger partial charge in [0.05, 0.1) is 0 Å². The molecule has 1 amide bonds. The van der Waals surface area contributed by atoms with Gasteiger partial charge in [0.15, 0.2) is 0 Å². The third-order valence-corrected chi connectivity index (χ3v) is 5.66. The summed E-state index contributed by atoms with van der Waals surface area (Å²) in [7, 11) is 0. The lowest BCUT2D eigenvalue weighted by Crippen LogP contribution is -3.00. The van der Waals surface area contributed by atoms with E-state index < -0.39 is 10.8 Å². The second-order valence-electron chi connectivity index (χ2n) is 7.48.